The Hall–Kier alpha value is -0.163. The lowest BCUT2D eigenvalue weighted by Gasteiger charge is -2.28. The summed E-state index contributed by atoms with van der Waals surface area (Å²) in [5, 5.41) is 1.30. The van der Waals surface area contributed by atoms with Crippen LogP contribution in [0.1, 0.15) is 65.7 Å². The molecular weight excluding hydrogens is 256 g/mol. The molecule has 0 amide bonds. The molecule has 0 spiro atoms. The number of hydrogen-bond acceptors (Lipinski definition) is 3. The van der Waals surface area contributed by atoms with Crippen LogP contribution in [-0.2, 0) is 13.3 Å². The number of unbranched alkanes of at least 4 members (excludes halogenated alkanes) is 3. The summed E-state index contributed by atoms with van der Waals surface area (Å²) < 4.78 is 18.3. The Morgan fingerprint density at radius 1 is 0.842 bits per heavy atom. The molecule has 1 aliphatic rings. The first-order valence-electron chi connectivity index (χ1n) is 7.90. The topological polar surface area (TPSA) is 27.7 Å². The Bertz CT molecular complexity index is 240. The molecule has 112 valence electrons. The van der Waals surface area contributed by atoms with Gasteiger partial charge in [-0.25, -0.2) is 0 Å². The molecule has 1 aliphatic carbocycles. The van der Waals surface area contributed by atoms with Gasteiger partial charge in [0.25, 0.3) is 0 Å². The summed E-state index contributed by atoms with van der Waals surface area (Å²) in [6, 6.07) is 0. The first kappa shape index (κ1) is 16.9. The van der Waals surface area contributed by atoms with Crippen molar-refractivity contribution >= 4 is 8.80 Å². The minimum atomic E-state index is -2.51. The van der Waals surface area contributed by atoms with Gasteiger partial charge in [-0.3, -0.25) is 0 Å². The largest absolute Gasteiger partial charge is 0.533 e. The smallest absolute Gasteiger partial charge is 0.370 e. The van der Waals surface area contributed by atoms with E-state index < -0.39 is 8.80 Å². The first-order chi connectivity index (χ1) is 9.29. The number of allylic oxidation sites excluding steroid dienone is 2. The Morgan fingerprint density at radius 3 is 1.47 bits per heavy atom. The lowest BCUT2D eigenvalue weighted by Crippen LogP contribution is -2.46. The number of hydrogen-bond donors (Lipinski definition) is 0. The molecule has 0 atom stereocenters. The summed E-state index contributed by atoms with van der Waals surface area (Å²) >= 11 is 0. The van der Waals surface area contributed by atoms with Gasteiger partial charge in [-0.2, -0.15) is 0 Å². The van der Waals surface area contributed by atoms with E-state index in [2.05, 4.69) is 26.8 Å². The van der Waals surface area contributed by atoms with Crippen molar-refractivity contribution in [2.24, 2.45) is 0 Å². The van der Waals surface area contributed by atoms with E-state index in [9.17, 15) is 0 Å². The summed E-state index contributed by atoms with van der Waals surface area (Å²) in [6.45, 7) is 8.82. The van der Waals surface area contributed by atoms with Crippen molar-refractivity contribution in [1.82, 2.24) is 0 Å². The average molecular weight is 286 g/mol. The Balaban J connectivity index is 2.52. The third kappa shape index (κ3) is 6.21. The van der Waals surface area contributed by atoms with Crippen LogP contribution >= 0.6 is 0 Å². The lowest BCUT2D eigenvalue weighted by molar-refractivity contribution is 0.0663. The molecule has 1 rings (SSSR count). The maximum Gasteiger partial charge on any atom is 0.533 e. The van der Waals surface area contributed by atoms with E-state index in [0.717, 1.165) is 64.8 Å². The second-order valence-electron chi connectivity index (χ2n) is 5.10. The highest BCUT2D eigenvalue weighted by molar-refractivity contribution is 6.70. The molecule has 19 heavy (non-hydrogen) atoms. The first-order valence-corrected chi connectivity index (χ1v) is 9.62. The highest BCUT2D eigenvalue weighted by atomic mass is 28.4. The zero-order chi connectivity index (χ0) is 14.0. The van der Waals surface area contributed by atoms with E-state index in [1.807, 2.05) is 0 Å². The molecule has 0 saturated heterocycles. The van der Waals surface area contributed by atoms with Crippen LogP contribution in [0.15, 0.2) is 11.3 Å². The third-order valence-electron chi connectivity index (χ3n) is 3.17. The molecule has 0 bridgehead atoms. The molecule has 0 aromatic heterocycles. The van der Waals surface area contributed by atoms with Gasteiger partial charge in [0.15, 0.2) is 0 Å². The van der Waals surface area contributed by atoms with Crippen LogP contribution < -0.4 is 0 Å². The monoisotopic (exact) mass is 286 g/mol. The van der Waals surface area contributed by atoms with Gasteiger partial charge in [-0.1, -0.05) is 46.1 Å². The van der Waals surface area contributed by atoms with Gasteiger partial charge in [0.2, 0.25) is 0 Å². The van der Waals surface area contributed by atoms with Crippen molar-refractivity contribution in [2.45, 2.75) is 65.7 Å². The van der Waals surface area contributed by atoms with Gasteiger partial charge in [0.1, 0.15) is 0 Å². The van der Waals surface area contributed by atoms with E-state index in [0.29, 0.717) is 0 Å². The summed E-state index contributed by atoms with van der Waals surface area (Å²) in [5.41, 5.74) is 0. The third-order valence-corrected chi connectivity index (χ3v) is 6.12. The maximum atomic E-state index is 6.11. The highest BCUT2D eigenvalue weighted by Crippen LogP contribution is 2.33. The zero-order valence-electron chi connectivity index (χ0n) is 12.9. The van der Waals surface area contributed by atoms with Crippen molar-refractivity contribution in [1.29, 1.82) is 0 Å². The van der Waals surface area contributed by atoms with Crippen LogP contribution in [0.3, 0.4) is 0 Å². The van der Waals surface area contributed by atoms with Crippen LogP contribution in [-0.4, -0.2) is 28.6 Å². The standard InChI is InChI=1S/C15H30O3Si/c1-4-7-12-16-19(15-10-11-15,17-13-8-5-2)18-14-9-6-3/h10H,4-9,11-14H2,1-3H3. The number of rotatable bonds is 13. The molecule has 0 aromatic rings. The Kier molecular flexibility index (Phi) is 8.62. The van der Waals surface area contributed by atoms with Gasteiger partial charge in [0.05, 0.1) is 0 Å². The fraction of sp³-hybridized carbons (Fsp3) is 0.867. The molecular formula is C15H30O3Si. The van der Waals surface area contributed by atoms with Crippen LogP contribution in [0.2, 0.25) is 0 Å². The van der Waals surface area contributed by atoms with Crippen LogP contribution in [0.5, 0.6) is 0 Å². The molecule has 0 unspecified atom stereocenters. The van der Waals surface area contributed by atoms with Crippen molar-refractivity contribution in [3.8, 4) is 0 Å². The van der Waals surface area contributed by atoms with E-state index in [-0.39, 0.29) is 0 Å². The summed E-state index contributed by atoms with van der Waals surface area (Å²) in [4.78, 5) is 0. The molecule has 0 aromatic carbocycles. The van der Waals surface area contributed by atoms with Gasteiger partial charge in [-0.15, -0.1) is 0 Å². The van der Waals surface area contributed by atoms with Crippen LogP contribution in [0.4, 0.5) is 0 Å². The van der Waals surface area contributed by atoms with Gasteiger partial charge in [-0.05, 0) is 25.7 Å². The van der Waals surface area contributed by atoms with Crippen molar-refractivity contribution in [2.75, 3.05) is 19.8 Å². The molecule has 0 N–H and O–H groups in total. The quantitative estimate of drug-likeness (QED) is 0.374. The predicted molar refractivity (Wildman–Crippen MR) is 81.0 cm³/mol. The molecule has 4 heteroatoms. The molecule has 3 nitrogen and oxygen atoms in total. The fourth-order valence-corrected chi connectivity index (χ4v) is 4.40. The second-order valence-corrected chi connectivity index (χ2v) is 7.72. The highest BCUT2D eigenvalue weighted by Gasteiger charge is 2.49. The normalized spacial score (nSPS) is 14.6. The SMILES string of the molecule is CCCCO[Si](OCCCC)(OCCCC)C1=CC1. The zero-order valence-corrected chi connectivity index (χ0v) is 13.9. The van der Waals surface area contributed by atoms with E-state index in [4.69, 9.17) is 13.3 Å². The van der Waals surface area contributed by atoms with Crippen molar-refractivity contribution < 1.29 is 13.3 Å². The minimum absolute atomic E-state index is 0.762. The van der Waals surface area contributed by atoms with E-state index in [1.165, 1.54) is 5.20 Å². The van der Waals surface area contributed by atoms with Gasteiger partial charge >= 0.3 is 8.80 Å². The van der Waals surface area contributed by atoms with Crippen LogP contribution in [0.25, 0.3) is 0 Å². The molecule has 0 aliphatic heterocycles. The fourth-order valence-electron chi connectivity index (χ4n) is 1.76. The summed E-state index contributed by atoms with van der Waals surface area (Å²) in [5.74, 6) is 0. The lowest BCUT2D eigenvalue weighted by atomic mass is 10.4. The van der Waals surface area contributed by atoms with Gasteiger partial charge < -0.3 is 13.3 Å². The summed E-state index contributed by atoms with van der Waals surface area (Å²) in [7, 11) is -2.51. The summed E-state index contributed by atoms with van der Waals surface area (Å²) in [6.07, 6.45) is 9.91. The average Bonchev–Trinajstić information content (AvgIpc) is 3.23. The van der Waals surface area contributed by atoms with Crippen molar-refractivity contribution in [3.63, 3.8) is 0 Å². The Labute approximate surface area is 119 Å². The van der Waals surface area contributed by atoms with E-state index >= 15 is 0 Å². The molecule has 0 heterocycles. The van der Waals surface area contributed by atoms with Gasteiger partial charge in [0, 0.05) is 25.0 Å². The minimum Gasteiger partial charge on any atom is -0.370 e. The second kappa shape index (κ2) is 9.70. The van der Waals surface area contributed by atoms with E-state index in [1.54, 1.807) is 0 Å². The van der Waals surface area contributed by atoms with Crippen LogP contribution in [0, 0.1) is 0 Å². The molecule has 0 saturated carbocycles. The molecule has 0 fully saturated rings. The predicted octanol–water partition coefficient (Wildman–Crippen LogP) is 4.24. The Morgan fingerprint density at radius 2 is 1.21 bits per heavy atom. The maximum absolute atomic E-state index is 6.11. The van der Waals surface area contributed by atoms with Crippen molar-refractivity contribution in [3.05, 3.63) is 11.3 Å². The molecule has 0 radical (unpaired) electrons.